The highest BCUT2D eigenvalue weighted by molar-refractivity contribution is 7.14. The van der Waals surface area contributed by atoms with Crippen molar-refractivity contribution < 1.29 is 14.3 Å². The average molecular weight is 391 g/mol. The first-order valence-corrected chi connectivity index (χ1v) is 10.1. The summed E-state index contributed by atoms with van der Waals surface area (Å²) in [4.78, 5) is 27.1. The van der Waals surface area contributed by atoms with E-state index in [0.717, 1.165) is 29.0 Å². The van der Waals surface area contributed by atoms with E-state index in [2.05, 4.69) is 5.32 Å². The van der Waals surface area contributed by atoms with Crippen LogP contribution < -0.4 is 10.1 Å². The van der Waals surface area contributed by atoms with Crippen molar-refractivity contribution in [3.63, 3.8) is 0 Å². The maximum absolute atomic E-state index is 12.9. The molecule has 0 aliphatic heterocycles. The number of ketones is 1. The maximum Gasteiger partial charge on any atom is 0.231 e. The monoisotopic (exact) mass is 391 g/mol. The summed E-state index contributed by atoms with van der Waals surface area (Å²) in [7, 11) is 1.63. The maximum atomic E-state index is 12.9. The Balaban J connectivity index is 1.43. The highest BCUT2D eigenvalue weighted by Gasteiger charge is 2.52. The lowest BCUT2D eigenvalue weighted by atomic mass is 9.94. The normalized spacial score (nSPS) is 14.3. The van der Waals surface area contributed by atoms with Crippen LogP contribution in [-0.2, 0) is 16.8 Å². The Labute approximate surface area is 168 Å². The first-order chi connectivity index (χ1) is 13.6. The number of hydrogen-bond acceptors (Lipinski definition) is 4. The van der Waals surface area contributed by atoms with Gasteiger partial charge in [0.1, 0.15) is 5.75 Å². The third-order valence-electron chi connectivity index (χ3n) is 5.15. The molecular weight excluding hydrogens is 370 g/mol. The van der Waals surface area contributed by atoms with Crippen molar-refractivity contribution in [3.8, 4) is 5.75 Å². The van der Waals surface area contributed by atoms with Gasteiger partial charge in [-0.3, -0.25) is 9.59 Å². The molecule has 0 spiro atoms. The fourth-order valence-electron chi connectivity index (χ4n) is 3.45. The second-order valence-electron chi connectivity index (χ2n) is 6.93. The highest BCUT2D eigenvalue weighted by Crippen LogP contribution is 2.51. The van der Waals surface area contributed by atoms with Gasteiger partial charge in [-0.2, -0.15) is 0 Å². The number of para-hydroxylation sites is 1. The van der Waals surface area contributed by atoms with Crippen LogP contribution >= 0.6 is 11.3 Å². The largest absolute Gasteiger partial charge is 0.496 e. The lowest BCUT2D eigenvalue weighted by molar-refractivity contribution is -0.123. The molecule has 1 N–H and O–H groups in total. The van der Waals surface area contributed by atoms with Crippen LogP contribution in [0.1, 0.15) is 38.5 Å². The van der Waals surface area contributed by atoms with Crippen molar-refractivity contribution in [1.82, 2.24) is 5.32 Å². The highest BCUT2D eigenvalue weighted by atomic mass is 32.1. The molecule has 4 rings (SSSR count). The molecule has 1 aromatic heterocycles. The molecule has 5 heteroatoms. The van der Waals surface area contributed by atoms with Gasteiger partial charge < -0.3 is 10.1 Å². The zero-order valence-corrected chi connectivity index (χ0v) is 16.4. The molecule has 0 radical (unpaired) electrons. The average Bonchev–Trinajstić information content (AvgIpc) is 3.43. The number of ether oxygens (including phenoxy) is 1. The molecule has 28 heavy (non-hydrogen) atoms. The van der Waals surface area contributed by atoms with Crippen LogP contribution in [0.2, 0.25) is 0 Å². The molecule has 1 heterocycles. The Morgan fingerprint density at radius 3 is 2.43 bits per heavy atom. The summed E-state index contributed by atoms with van der Waals surface area (Å²) < 4.78 is 5.44. The molecule has 1 aliphatic carbocycles. The topological polar surface area (TPSA) is 55.4 Å². The fraction of sp³-hybridized carbons (Fsp3) is 0.217. The van der Waals surface area contributed by atoms with E-state index in [-0.39, 0.29) is 11.7 Å². The van der Waals surface area contributed by atoms with Crippen LogP contribution in [0.15, 0.2) is 66.7 Å². The lowest BCUT2D eigenvalue weighted by Crippen LogP contribution is -2.34. The number of rotatable bonds is 7. The van der Waals surface area contributed by atoms with E-state index in [9.17, 15) is 9.59 Å². The van der Waals surface area contributed by atoms with E-state index in [1.165, 1.54) is 11.3 Å². The van der Waals surface area contributed by atoms with Crippen molar-refractivity contribution in [1.29, 1.82) is 0 Å². The number of carbonyl (C=O) groups excluding carboxylic acids is 2. The smallest absolute Gasteiger partial charge is 0.231 e. The molecule has 1 fully saturated rings. The first kappa shape index (κ1) is 18.4. The van der Waals surface area contributed by atoms with E-state index < -0.39 is 5.41 Å². The molecular formula is C23H21NO3S. The molecule has 0 atom stereocenters. The Bertz CT molecular complexity index is 1010. The third-order valence-corrected chi connectivity index (χ3v) is 6.24. The van der Waals surface area contributed by atoms with Crippen LogP contribution in [0, 0.1) is 0 Å². The standard InChI is InChI=1S/C23H21NO3S/c1-27-19-10-6-5-9-18(19)23(13-14-23)22(26)24-15-17-11-12-20(28-17)21(25)16-7-3-2-4-8-16/h2-12H,13-15H2,1H3,(H,24,26). The van der Waals surface area contributed by atoms with Crippen LogP contribution in [0.5, 0.6) is 5.75 Å². The minimum atomic E-state index is -0.494. The van der Waals surface area contributed by atoms with Crippen molar-refractivity contribution in [3.05, 3.63) is 87.6 Å². The van der Waals surface area contributed by atoms with Gasteiger partial charge in [0.15, 0.2) is 0 Å². The predicted octanol–water partition coefficient (Wildman–Crippen LogP) is 4.34. The molecule has 2 aromatic carbocycles. The van der Waals surface area contributed by atoms with Crippen molar-refractivity contribution in [2.24, 2.45) is 0 Å². The van der Waals surface area contributed by atoms with Gasteiger partial charge in [-0.25, -0.2) is 0 Å². The quantitative estimate of drug-likeness (QED) is 0.610. The van der Waals surface area contributed by atoms with E-state index in [1.54, 1.807) is 7.11 Å². The van der Waals surface area contributed by atoms with Gasteiger partial charge in [-0.05, 0) is 31.0 Å². The van der Waals surface area contributed by atoms with Crippen LogP contribution in [0.3, 0.4) is 0 Å². The van der Waals surface area contributed by atoms with Gasteiger partial charge in [-0.1, -0.05) is 48.5 Å². The molecule has 0 saturated heterocycles. The lowest BCUT2D eigenvalue weighted by Gasteiger charge is -2.18. The van der Waals surface area contributed by atoms with Gasteiger partial charge in [-0.15, -0.1) is 11.3 Å². The molecule has 3 aromatic rings. The van der Waals surface area contributed by atoms with E-state index in [0.29, 0.717) is 17.0 Å². The third kappa shape index (κ3) is 3.45. The fourth-order valence-corrected chi connectivity index (χ4v) is 4.36. The minimum absolute atomic E-state index is 0.0101. The van der Waals surface area contributed by atoms with E-state index in [1.807, 2.05) is 66.7 Å². The SMILES string of the molecule is COc1ccccc1C1(C(=O)NCc2ccc(C(=O)c3ccccc3)s2)CC1. The van der Waals surface area contributed by atoms with Gasteiger partial charge >= 0.3 is 0 Å². The number of hydrogen-bond donors (Lipinski definition) is 1. The van der Waals surface area contributed by atoms with Crippen molar-refractivity contribution in [2.75, 3.05) is 7.11 Å². The number of nitrogens with one attached hydrogen (secondary N) is 1. The molecule has 1 saturated carbocycles. The van der Waals surface area contributed by atoms with Crippen molar-refractivity contribution in [2.45, 2.75) is 24.8 Å². The summed E-state index contributed by atoms with van der Waals surface area (Å²) in [6.45, 7) is 0.419. The van der Waals surface area contributed by atoms with Gasteiger partial charge in [0, 0.05) is 16.0 Å². The summed E-state index contributed by atoms with van der Waals surface area (Å²) in [5, 5.41) is 3.05. The number of amides is 1. The zero-order valence-electron chi connectivity index (χ0n) is 15.6. The van der Waals surface area contributed by atoms with Crippen molar-refractivity contribution >= 4 is 23.0 Å². The van der Waals surface area contributed by atoms with Gasteiger partial charge in [0.25, 0.3) is 0 Å². The van der Waals surface area contributed by atoms with Crippen LogP contribution in [-0.4, -0.2) is 18.8 Å². The Hall–Kier alpha value is -2.92. The Morgan fingerprint density at radius 2 is 1.71 bits per heavy atom. The minimum Gasteiger partial charge on any atom is -0.496 e. The summed E-state index contributed by atoms with van der Waals surface area (Å²) in [6, 6.07) is 20.7. The number of benzene rings is 2. The number of methoxy groups -OCH3 is 1. The molecule has 0 bridgehead atoms. The summed E-state index contributed by atoms with van der Waals surface area (Å²) in [6.07, 6.45) is 1.64. The van der Waals surface area contributed by atoms with E-state index in [4.69, 9.17) is 4.74 Å². The van der Waals surface area contributed by atoms with Crippen LogP contribution in [0.4, 0.5) is 0 Å². The second-order valence-corrected chi connectivity index (χ2v) is 8.09. The van der Waals surface area contributed by atoms with Gasteiger partial charge in [0.05, 0.1) is 23.9 Å². The van der Waals surface area contributed by atoms with Crippen LogP contribution in [0.25, 0.3) is 0 Å². The van der Waals surface area contributed by atoms with Gasteiger partial charge in [0.2, 0.25) is 11.7 Å². The number of carbonyl (C=O) groups is 2. The molecule has 1 aliphatic rings. The number of thiophene rings is 1. The summed E-state index contributed by atoms with van der Waals surface area (Å²) in [5.74, 6) is 0.777. The predicted molar refractivity (Wildman–Crippen MR) is 110 cm³/mol. The molecule has 0 unspecified atom stereocenters. The summed E-state index contributed by atoms with van der Waals surface area (Å²) >= 11 is 1.42. The Morgan fingerprint density at radius 1 is 1.00 bits per heavy atom. The first-order valence-electron chi connectivity index (χ1n) is 9.24. The van der Waals surface area contributed by atoms with E-state index >= 15 is 0 Å². The Kier molecular flexibility index (Phi) is 5.01. The molecule has 1 amide bonds. The summed E-state index contributed by atoms with van der Waals surface area (Å²) in [5.41, 5.74) is 1.13. The second kappa shape index (κ2) is 7.60. The molecule has 142 valence electrons. The zero-order chi connectivity index (χ0) is 19.6. The molecule has 4 nitrogen and oxygen atoms in total.